The van der Waals surface area contributed by atoms with Crippen LogP contribution in [0.1, 0.15) is 30.6 Å². The van der Waals surface area contributed by atoms with E-state index in [0.29, 0.717) is 12.0 Å². The highest BCUT2D eigenvalue weighted by molar-refractivity contribution is 6.99. The zero-order valence-corrected chi connectivity index (χ0v) is 11.4. The minimum atomic E-state index is -0.429. The van der Waals surface area contributed by atoms with Crippen molar-refractivity contribution in [2.75, 3.05) is 6.54 Å². The topological polar surface area (TPSA) is 37.8 Å². The van der Waals surface area contributed by atoms with E-state index >= 15 is 0 Å². The molecule has 1 atom stereocenters. The molecule has 0 spiro atoms. The highest BCUT2D eigenvalue weighted by Gasteiger charge is 2.16. The number of nitrogens with one attached hydrogen (secondary N) is 1. The van der Waals surface area contributed by atoms with Crippen LogP contribution in [0.15, 0.2) is 24.4 Å². The first-order valence-corrected chi connectivity index (χ1v) is 6.88. The van der Waals surface area contributed by atoms with Crippen molar-refractivity contribution < 1.29 is 8.78 Å². The third kappa shape index (κ3) is 3.78. The largest absolute Gasteiger partial charge is 0.308 e. The average Bonchev–Trinajstić information content (AvgIpc) is 2.92. The van der Waals surface area contributed by atoms with Gasteiger partial charge in [-0.1, -0.05) is 6.92 Å². The minimum absolute atomic E-state index is 0.144. The summed E-state index contributed by atoms with van der Waals surface area (Å²) >= 11 is 1.11. The van der Waals surface area contributed by atoms with Crippen molar-refractivity contribution in [1.29, 1.82) is 0 Å². The van der Waals surface area contributed by atoms with Crippen LogP contribution in [0.5, 0.6) is 0 Å². The first kappa shape index (κ1) is 14.0. The van der Waals surface area contributed by atoms with Gasteiger partial charge in [-0.05, 0) is 43.1 Å². The van der Waals surface area contributed by atoms with Gasteiger partial charge in [0.2, 0.25) is 0 Å². The van der Waals surface area contributed by atoms with Gasteiger partial charge in [0.25, 0.3) is 0 Å². The molecule has 0 bridgehead atoms. The second kappa shape index (κ2) is 6.68. The lowest BCUT2D eigenvalue weighted by Gasteiger charge is -2.16. The number of halogens is 2. The molecule has 0 fully saturated rings. The minimum Gasteiger partial charge on any atom is -0.308 e. The maximum absolute atomic E-state index is 13.7. The Hall–Kier alpha value is -1.40. The van der Waals surface area contributed by atoms with E-state index in [2.05, 4.69) is 14.1 Å². The Morgan fingerprint density at radius 1 is 1.37 bits per heavy atom. The summed E-state index contributed by atoms with van der Waals surface area (Å²) in [7, 11) is 0. The summed E-state index contributed by atoms with van der Waals surface area (Å²) in [6.07, 6.45) is 2.98. The van der Waals surface area contributed by atoms with E-state index in [-0.39, 0.29) is 6.04 Å². The lowest BCUT2D eigenvalue weighted by molar-refractivity contribution is 0.502. The molecule has 1 heterocycles. The van der Waals surface area contributed by atoms with Gasteiger partial charge in [0, 0.05) is 0 Å². The van der Waals surface area contributed by atoms with E-state index in [4.69, 9.17) is 0 Å². The van der Waals surface area contributed by atoms with Gasteiger partial charge in [0.1, 0.15) is 11.6 Å². The van der Waals surface area contributed by atoms with Gasteiger partial charge in [0.15, 0.2) is 0 Å². The zero-order valence-electron chi connectivity index (χ0n) is 10.6. The third-order valence-electron chi connectivity index (χ3n) is 2.81. The number of nitrogens with zero attached hydrogens (tertiary/aromatic N) is 2. The van der Waals surface area contributed by atoms with E-state index < -0.39 is 11.6 Å². The van der Waals surface area contributed by atoms with Crippen LogP contribution in [0.3, 0.4) is 0 Å². The molecule has 6 heteroatoms. The van der Waals surface area contributed by atoms with E-state index in [0.717, 1.165) is 42.5 Å². The molecular formula is C13H15F2N3S. The monoisotopic (exact) mass is 283 g/mol. The lowest BCUT2D eigenvalue weighted by atomic mass is 10.0. The van der Waals surface area contributed by atoms with Crippen molar-refractivity contribution in [3.8, 4) is 0 Å². The molecule has 1 aromatic carbocycles. The van der Waals surface area contributed by atoms with Crippen molar-refractivity contribution in [2.45, 2.75) is 25.8 Å². The van der Waals surface area contributed by atoms with Gasteiger partial charge in [-0.25, -0.2) is 8.78 Å². The molecule has 102 valence electrons. The van der Waals surface area contributed by atoms with Gasteiger partial charge in [-0.2, -0.15) is 8.75 Å². The molecule has 0 saturated carbocycles. The van der Waals surface area contributed by atoms with E-state index in [9.17, 15) is 8.78 Å². The predicted octanol–water partition coefficient (Wildman–Crippen LogP) is 3.10. The van der Waals surface area contributed by atoms with Gasteiger partial charge >= 0.3 is 0 Å². The standard InChI is InChI=1S/C13H15F2N3S/c1-2-5-16-12(13-8-17-19-18-13)7-9-6-10(14)3-4-11(9)15/h3-4,6,8,12,16H,2,5,7H2,1H3. The summed E-state index contributed by atoms with van der Waals surface area (Å²) in [5.74, 6) is -0.824. The van der Waals surface area contributed by atoms with Crippen LogP contribution >= 0.6 is 11.7 Å². The van der Waals surface area contributed by atoms with E-state index in [1.807, 2.05) is 6.92 Å². The predicted molar refractivity (Wildman–Crippen MR) is 71.0 cm³/mol. The molecule has 0 aliphatic rings. The number of benzene rings is 1. The number of aromatic nitrogens is 2. The van der Waals surface area contributed by atoms with Crippen LogP contribution in [0.2, 0.25) is 0 Å². The van der Waals surface area contributed by atoms with Crippen LogP contribution in [0, 0.1) is 11.6 Å². The van der Waals surface area contributed by atoms with Crippen LogP contribution in [-0.2, 0) is 6.42 Å². The molecule has 1 unspecified atom stereocenters. The molecule has 0 amide bonds. The third-order valence-corrected chi connectivity index (χ3v) is 3.30. The molecule has 0 saturated heterocycles. The highest BCUT2D eigenvalue weighted by atomic mass is 32.1. The Kier molecular flexibility index (Phi) is 4.93. The average molecular weight is 283 g/mol. The van der Waals surface area contributed by atoms with Crippen LogP contribution in [0.4, 0.5) is 8.78 Å². The Morgan fingerprint density at radius 3 is 2.89 bits per heavy atom. The van der Waals surface area contributed by atoms with Gasteiger partial charge in [-0.3, -0.25) is 0 Å². The molecule has 2 aromatic rings. The smallest absolute Gasteiger partial charge is 0.126 e. The molecule has 1 aromatic heterocycles. The quantitative estimate of drug-likeness (QED) is 0.885. The van der Waals surface area contributed by atoms with Crippen molar-refractivity contribution in [2.24, 2.45) is 0 Å². The number of hydrogen-bond donors (Lipinski definition) is 1. The summed E-state index contributed by atoms with van der Waals surface area (Å²) in [5, 5.41) is 3.28. The maximum Gasteiger partial charge on any atom is 0.126 e. The molecule has 0 aliphatic heterocycles. The summed E-state index contributed by atoms with van der Waals surface area (Å²) < 4.78 is 35.0. The fraction of sp³-hybridized carbons (Fsp3) is 0.385. The maximum atomic E-state index is 13.7. The Bertz CT molecular complexity index is 517. The first-order chi connectivity index (χ1) is 9.20. The molecule has 19 heavy (non-hydrogen) atoms. The molecule has 3 nitrogen and oxygen atoms in total. The molecule has 0 aliphatic carbocycles. The fourth-order valence-electron chi connectivity index (χ4n) is 1.84. The lowest BCUT2D eigenvalue weighted by Crippen LogP contribution is -2.24. The summed E-state index contributed by atoms with van der Waals surface area (Å²) in [5.41, 5.74) is 1.11. The molecule has 2 rings (SSSR count). The van der Waals surface area contributed by atoms with Gasteiger partial charge < -0.3 is 5.32 Å². The summed E-state index contributed by atoms with van der Waals surface area (Å²) in [6, 6.07) is 3.36. The number of rotatable bonds is 6. The Labute approximate surface area is 115 Å². The number of hydrogen-bond acceptors (Lipinski definition) is 4. The Balaban J connectivity index is 2.17. The second-order valence-electron chi connectivity index (χ2n) is 4.28. The highest BCUT2D eigenvalue weighted by Crippen LogP contribution is 2.20. The van der Waals surface area contributed by atoms with Gasteiger partial charge in [0.05, 0.1) is 29.7 Å². The molecule has 0 radical (unpaired) electrons. The normalized spacial score (nSPS) is 12.6. The van der Waals surface area contributed by atoms with Crippen LogP contribution in [0.25, 0.3) is 0 Å². The molecular weight excluding hydrogens is 268 g/mol. The summed E-state index contributed by atoms with van der Waals surface area (Å²) in [4.78, 5) is 0. The van der Waals surface area contributed by atoms with Crippen molar-refractivity contribution >= 4 is 11.7 Å². The van der Waals surface area contributed by atoms with Gasteiger partial charge in [-0.15, -0.1) is 0 Å². The zero-order chi connectivity index (χ0) is 13.7. The van der Waals surface area contributed by atoms with Crippen molar-refractivity contribution in [3.63, 3.8) is 0 Å². The van der Waals surface area contributed by atoms with Crippen molar-refractivity contribution in [1.82, 2.24) is 14.1 Å². The SMILES string of the molecule is CCCNC(Cc1cc(F)ccc1F)c1cnsn1. The Morgan fingerprint density at radius 2 is 2.21 bits per heavy atom. The fourth-order valence-corrected chi connectivity index (χ4v) is 2.32. The van der Waals surface area contributed by atoms with Crippen LogP contribution < -0.4 is 5.32 Å². The second-order valence-corrected chi connectivity index (χ2v) is 4.84. The van der Waals surface area contributed by atoms with Crippen LogP contribution in [-0.4, -0.2) is 15.3 Å². The van der Waals surface area contributed by atoms with E-state index in [1.165, 1.54) is 6.07 Å². The summed E-state index contributed by atoms with van der Waals surface area (Å²) in [6.45, 7) is 2.84. The van der Waals surface area contributed by atoms with E-state index in [1.54, 1.807) is 6.20 Å². The molecule has 1 N–H and O–H groups in total. The first-order valence-electron chi connectivity index (χ1n) is 6.15. The van der Waals surface area contributed by atoms with Crippen molar-refractivity contribution in [3.05, 3.63) is 47.3 Å².